The second-order valence-electron chi connectivity index (χ2n) is 6.73. The van der Waals surface area contributed by atoms with Crippen molar-refractivity contribution in [1.29, 1.82) is 0 Å². The maximum Gasteiger partial charge on any atom is 0.251 e. The number of fused-ring (bicyclic) bond motifs is 1. The van der Waals surface area contributed by atoms with Gasteiger partial charge < -0.3 is 15.8 Å². The van der Waals surface area contributed by atoms with Crippen LogP contribution in [0.2, 0.25) is 0 Å². The van der Waals surface area contributed by atoms with Crippen molar-refractivity contribution < 1.29 is 14.3 Å². The standard InChI is InChI=1S/C19H20N6O3S2/c1-28-12-7-5-11(6-8-12)9-25-19(22-23-24-25)29-10-15(26)21-18-16(17(20)27)13-3-2-4-14(13)30-18/h5-8H,2-4,9-10H2,1H3,(H2,20,27)(H,21,26). The van der Waals surface area contributed by atoms with Crippen LogP contribution < -0.4 is 15.8 Å². The molecular weight excluding hydrogens is 424 g/mol. The zero-order chi connectivity index (χ0) is 21.1. The lowest BCUT2D eigenvalue weighted by Gasteiger charge is -2.07. The molecular formula is C19H20N6O3S2. The number of carbonyl (C=O) groups excluding carboxylic acids is 2. The molecule has 1 aliphatic rings. The fourth-order valence-corrected chi connectivity index (χ4v) is 5.34. The number of amides is 2. The summed E-state index contributed by atoms with van der Waals surface area (Å²) >= 11 is 2.67. The third-order valence-electron chi connectivity index (χ3n) is 4.74. The van der Waals surface area contributed by atoms with Crippen molar-refractivity contribution in [2.75, 3.05) is 18.2 Å². The molecule has 9 nitrogen and oxygen atoms in total. The smallest absolute Gasteiger partial charge is 0.251 e. The average Bonchev–Trinajstić information content (AvgIpc) is 3.43. The number of aromatic nitrogens is 4. The van der Waals surface area contributed by atoms with Crippen LogP contribution in [0, 0.1) is 0 Å². The van der Waals surface area contributed by atoms with E-state index >= 15 is 0 Å². The average molecular weight is 445 g/mol. The van der Waals surface area contributed by atoms with Crippen LogP contribution in [0.3, 0.4) is 0 Å². The molecule has 0 fully saturated rings. The topological polar surface area (TPSA) is 125 Å². The van der Waals surface area contributed by atoms with E-state index in [0.717, 1.165) is 41.0 Å². The highest BCUT2D eigenvalue weighted by Crippen LogP contribution is 2.38. The van der Waals surface area contributed by atoms with Crippen LogP contribution in [0.1, 0.15) is 32.8 Å². The number of primary amides is 1. The highest BCUT2D eigenvalue weighted by Gasteiger charge is 2.26. The molecule has 0 saturated carbocycles. The Labute approximate surface area is 181 Å². The lowest BCUT2D eigenvalue weighted by Crippen LogP contribution is -2.19. The molecule has 4 rings (SSSR count). The Hall–Kier alpha value is -2.92. The lowest BCUT2D eigenvalue weighted by molar-refractivity contribution is -0.113. The molecule has 156 valence electrons. The van der Waals surface area contributed by atoms with E-state index in [4.69, 9.17) is 10.5 Å². The second-order valence-corrected chi connectivity index (χ2v) is 8.78. The van der Waals surface area contributed by atoms with E-state index < -0.39 is 5.91 Å². The third kappa shape index (κ3) is 4.31. The number of thioether (sulfide) groups is 1. The summed E-state index contributed by atoms with van der Waals surface area (Å²) in [4.78, 5) is 25.5. The number of nitrogens with two attached hydrogens (primary N) is 1. The number of nitrogens with one attached hydrogen (secondary N) is 1. The zero-order valence-electron chi connectivity index (χ0n) is 16.3. The molecule has 0 aliphatic heterocycles. The Balaban J connectivity index is 1.38. The van der Waals surface area contributed by atoms with Crippen LogP contribution in [-0.2, 0) is 24.2 Å². The van der Waals surface area contributed by atoms with Gasteiger partial charge in [-0.2, -0.15) is 0 Å². The largest absolute Gasteiger partial charge is 0.497 e. The van der Waals surface area contributed by atoms with Crippen LogP contribution in [0.5, 0.6) is 5.75 Å². The summed E-state index contributed by atoms with van der Waals surface area (Å²) in [6.07, 6.45) is 2.77. The molecule has 3 N–H and O–H groups in total. The first-order valence-corrected chi connectivity index (χ1v) is 11.1. The predicted molar refractivity (Wildman–Crippen MR) is 114 cm³/mol. The van der Waals surface area contributed by atoms with Crippen molar-refractivity contribution in [2.24, 2.45) is 5.73 Å². The normalized spacial score (nSPS) is 12.6. The second kappa shape index (κ2) is 8.84. The van der Waals surface area contributed by atoms with Gasteiger partial charge in [0.25, 0.3) is 5.91 Å². The fourth-order valence-electron chi connectivity index (χ4n) is 3.35. The lowest BCUT2D eigenvalue weighted by atomic mass is 10.1. The van der Waals surface area contributed by atoms with E-state index in [1.807, 2.05) is 24.3 Å². The maximum atomic E-state index is 12.5. The minimum atomic E-state index is -0.499. The zero-order valence-corrected chi connectivity index (χ0v) is 17.9. The van der Waals surface area contributed by atoms with Gasteiger partial charge in [0.05, 0.1) is 25.0 Å². The number of ether oxygens (including phenoxy) is 1. The van der Waals surface area contributed by atoms with E-state index in [1.165, 1.54) is 23.1 Å². The number of methoxy groups -OCH3 is 1. The van der Waals surface area contributed by atoms with Gasteiger partial charge in [-0.15, -0.1) is 16.4 Å². The van der Waals surface area contributed by atoms with Crippen molar-refractivity contribution in [3.63, 3.8) is 0 Å². The van der Waals surface area contributed by atoms with Crippen molar-refractivity contribution >= 4 is 39.9 Å². The van der Waals surface area contributed by atoms with Gasteiger partial charge in [-0.3, -0.25) is 9.59 Å². The molecule has 0 saturated heterocycles. The molecule has 1 aliphatic carbocycles. The van der Waals surface area contributed by atoms with E-state index in [9.17, 15) is 9.59 Å². The molecule has 0 radical (unpaired) electrons. The molecule has 0 spiro atoms. The van der Waals surface area contributed by atoms with Gasteiger partial charge in [0, 0.05) is 4.88 Å². The third-order valence-corrected chi connectivity index (χ3v) is 6.91. The summed E-state index contributed by atoms with van der Waals surface area (Å²) in [6, 6.07) is 7.61. The Morgan fingerprint density at radius 1 is 1.30 bits per heavy atom. The molecule has 30 heavy (non-hydrogen) atoms. The van der Waals surface area contributed by atoms with Gasteiger partial charge >= 0.3 is 0 Å². The molecule has 0 bridgehead atoms. The van der Waals surface area contributed by atoms with Crippen molar-refractivity contribution in [3.05, 3.63) is 45.8 Å². The Morgan fingerprint density at radius 2 is 2.10 bits per heavy atom. The molecule has 2 amide bonds. The highest BCUT2D eigenvalue weighted by molar-refractivity contribution is 7.99. The number of carbonyl (C=O) groups is 2. The van der Waals surface area contributed by atoms with Gasteiger partial charge in [-0.25, -0.2) is 4.68 Å². The number of tetrazole rings is 1. The number of benzene rings is 1. The Bertz CT molecular complexity index is 1080. The first-order valence-electron chi connectivity index (χ1n) is 9.31. The number of aryl methyl sites for hydroxylation is 1. The van der Waals surface area contributed by atoms with Crippen LogP contribution in [0.15, 0.2) is 29.4 Å². The summed E-state index contributed by atoms with van der Waals surface area (Å²) in [5, 5.41) is 15.6. The minimum absolute atomic E-state index is 0.115. The number of hydrogen-bond donors (Lipinski definition) is 2. The van der Waals surface area contributed by atoms with Crippen LogP contribution >= 0.6 is 23.1 Å². The maximum absolute atomic E-state index is 12.5. The Morgan fingerprint density at radius 3 is 2.83 bits per heavy atom. The van der Waals surface area contributed by atoms with E-state index in [1.54, 1.807) is 11.8 Å². The van der Waals surface area contributed by atoms with E-state index in [-0.39, 0.29) is 11.7 Å². The van der Waals surface area contributed by atoms with Crippen LogP contribution in [0.25, 0.3) is 0 Å². The monoisotopic (exact) mass is 444 g/mol. The fraction of sp³-hybridized carbons (Fsp3) is 0.316. The highest BCUT2D eigenvalue weighted by atomic mass is 32.2. The summed E-state index contributed by atoms with van der Waals surface area (Å²) in [5.74, 6) is 0.155. The predicted octanol–water partition coefficient (Wildman–Crippen LogP) is 2.11. The van der Waals surface area contributed by atoms with Crippen LogP contribution in [-0.4, -0.2) is 44.9 Å². The first kappa shape index (κ1) is 20.4. The van der Waals surface area contributed by atoms with E-state index in [2.05, 4.69) is 20.8 Å². The quantitative estimate of drug-likeness (QED) is 0.510. The van der Waals surface area contributed by atoms with Crippen molar-refractivity contribution in [3.8, 4) is 5.75 Å². The molecule has 2 aromatic heterocycles. The summed E-state index contributed by atoms with van der Waals surface area (Å²) in [5.41, 5.74) is 7.99. The van der Waals surface area contributed by atoms with Gasteiger partial charge in [-0.05, 0) is 52.9 Å². The minimum Gasteiger partial charge on any atom is -0.497 e. The summed E-state index contributed by atoms with van der Waals surface area (Å²) < 4.78 is 6.79. The molecule has 1 aromatic carbocycles. The number of thiophene rings is 1. The number of anilines is 1. The number of hydrogen-bond acceptors (Lipinski definition) is 8. The molecule has 0 unspecified atom stereocenters. The SMILES string of the molecule is COc1ccc(Cn2nnnc2SCC(=O)Nc2sc3c(c2C(N)=O)CCC3)cc1. The van der Waals surface area contributed by atoms with Crippen LogP contribution in [0.4, 0.5) is 5.00 Å². The molecule has 11 heteroatoms. The van der Waals surface area contributed by atoms with Gasteiger partial charge in [0.15, 0.2) is 0 Å². The van der Waals surface area contributed by atoms with Gasteiger partial charge in [0.1, 0.15) is 10.8 Å². The summed E-state index contributed by atoms with van der Waals surface area (Å²) in [6.45, 7) is 0.477. The summed E-state index contributed by atoms with van der Waals surface area (Å²) in [7, 11) is 1.62. The first-order chi connectivity index (χ1) is 14.5. The van der Waals surface area contributed by atoms with Gasteiger partial charge in [0.2, 0.25) is 11.1 Å². The molecule has 0 atom stereocenters. The van der Waals surface area contributed by atoms with Crippen molar-refractivity contribution in [1.82, 2.24) is 20.2 Å². The Kier molecular flexibility index (Phi) is 6.00. The number of nitrogens with zero attached hydrogens (tertiary/aromatic N) is 4. The van der Waals surface area contributed by atoms with Crippen molar-refractivity contribution in [2.45, 2.75) is 31.0 Å². The molecule has 3 aromatic rings. The number of rotatable bonds is 8. The van der Waals surface area contributed by atoms with E-state index in [0.29, 0.717) is 22.3 Å². The van der Waals surface area contributed by atoms with Gasteiger partial charge in [-0.1, -0.05) is 23.9 Å². The molecule has 2 heterocycles.